The highest BCUT2D eigenvalue weighted by Gasteiger charge is 2.51. The fourth-order valence-electron chi connectivity index (χ4n) is 3.72. The van der Waals surface area contributed by atoms with E-state index >= 15 is 0 Å². The van der Waals surface area contributed by atoms with Gasteiger partial charge in [0.25, 0.3) is 0 Å². The van der Waals surface area contributed by atoms with E-state index in [-0.39, 0.29) is 5.41 Å². The number of fused-ring (bicyclic) bond motifs is 2. The van der Waals surface area contributed by atoms with Gasteiger partial charge in [-0.05, 0) is 37.2 Å². The van der Waals surface area contributed by atoms with Gasteiger partial charge in [0.05, 0.1) is 17.2 Å². The molecule has 3 atom stereocenters. The topological polar surface area (TPSA) is 41.6 Å². The Morgan fingerprint density at radius 1 is 1.62 bits per heavy atom. The van der Waals surface area contributed by atoms with Crippen LogP contribution in [0.1, 0.15) is 31.4 Å². The second kappa shape index (κ2) is 3.35. The molecule has 0 radical (unpaired) electrons. The van der Waals surface area contributed by atoms with E-state index in [2.05, 4.69) is 11.2 Å². The average molecular weight is 215 g/mol. The van der Waals surface area contributed by atoms with E-state index in [0.717, 1.165) is 24.5 Å². The van der Waals surface area contributed by atoms with Gasteiger partial charge in [-0.1, -0.05) is 6.42 Å². The molecule has 2 fully saturated rings. The van der Waals surface area contributed by atoms with Crippen molar-refractivity contribution in [1.29, 1.82) is 5.26 Å². The van der Waals surface area contributed by atoms with Crippen LogP contribution in [0.15, 0.2) is 12.3 Å². The fraction of sp³-hybridized carbons (Fsp3) is 0.692. The van der Waals surface area contributed by atoms with E-state index in [4.69, 9.17) is 0 Å². The van der Waals surface area contributed by atoms with Crippen molar-refractivity contribution in [2.75, 3.05) is 0 Å². The zero-order valence-corrected chi connectivity index (χ0v) is 9.69. The lowest BCUT2D eigenvalue weighted by atomic mass is 9.71. The van der Waals surface area contributed by atoms with Crippen LogP contribution in [0.4, 0.5) is 0 Å². The van der Waals surface area contributed by atoms with Gasteiger partial charge in [0.1, 0.15) is 0 Å². The Hall–Kier alpha value is -1.30. The van der Waals surface area contributed by atoms with Crippen LogP contribution in [0.25, 0.3) is 0 Å². The molecule has 0 N–H and O–H groups in total. The summed E-state index contributed by atoms with van der Waals surface area (Å²) in [6.45, 7) is 0. The van der Waals surface area contributed by atoms with Gasteiger partial charge in [-0.15, -0.1) is 0 Å². The highest BCUT2D eigenvalue weighted by Crippen LogP contribution is 2.56. The third-order valence-corrected chi connectivity index (χ3v) is 4.46. The van der Waals surface area contributed by atoms with Crippen molar-refractivity contribution < 1.29 is 0 Å². The molecule has 3 unspecified atom stereocenters. The normalized spacial score (nSPS) is 36.5. The van der Waals surface area contributed by atoms with Gasteiger partial charge in [-0.2, -0.15) is 10.4 Å². The molecule has 0 saturated heterocycles. The SMILES string of the molecule is Cn1ccc(CC2(C#N)CC3CCC2C3)n1. The maximum atomic E-state index is 9.52. The van der Waals surface area contributed by atoms with E-state index in [1.54, 1.807) is 0 Å². The zero-order chi connectivity index (χ0) is 11.2. The number of rotatable bonds is 2. The second-order valence-electron chi connectivity index (χ2n) is 5.51. The largest absolute Gasteiger partial charge is 0.276 e. The maximum Gasteiger partial charge on any atom is 0.0696 e. The Morgan fingerprint density at radius 3 is 3.00 bits per heavy atom. The minimum Gasteiger partial charge on any atom is -0.276 e. The summed E-state index contributed by atoms with van der Waals surface area (Å²) in [6, 6.07) is 4.66. The second-order valence-corrected chi connectivity index (χ2v) is 5.51. The van der Waals surface area contributed by atoms with Crippen molar-refractivity contribution in [3.05, 3.63) is 18.0 Å². The summed E-state index contributed by atoms with van der Waals surface area (Å²) in [5, 5.41) is 13.9. The first kappa shape index (κ1) is 9.89. The summed E-state index contributed by atoms with van der Waals surface area (Å²) < 4.78 is 1.83. The van der Waals surface area contributed by atoms with Crippen LogP contribution >= 0.6 is 0 Å². The molecule has 2 aliphatic carbocycles. The zero-order valence-electron chi connectivity index (χ0n) is 9.69. The summed E-state index contributed by atoms with van der Waals surface area (Å²) in [7, 11) is 1.93. The van der Waals surface area contributed by atoms with E-state index in [9.17, 15) is 5.26 Å². The van der Waals surface area contributed by atoms with Crippen LogP contribution in [0.5, 0.6) is 0 Å². The fourth-order valence-corrected chi connectivity index (χ4v) is 3.72. The summed E-state index contributed by atoms with van der Waals surface area (Å²) in [5.74, 6) is 1.44. The van der Waals surface area contributed by atoms with E-state index in [1.165, 1.54) is 19.3 Å². The Bertz CT molecular complexity index is 442. The molecule has 84 valence electrons. The molecule has 0 aromatic carbocycles. The lowest BCUT2D eigenvalue weighted by Gasteiger charge is -2.30. The number of nitriles is 1. The molecule has 2 saturated carbocycles. The Labute approximate surface area is 96.1 Å². The molecular formula is C13H17N3. The van der Waals surface area contributed by atoms with Crippen LogP contribution < -0.4 is 0 Å². The van der Waals surface area contributed by atoms with Crippen LogP contribution in [0.3, 0.4) is 0 Å². The third-order valence-electron chi connectivity index (χ3n) is 4.46. The standard InChI is InChI=1S/C13H17N3/c1-16-5-4-12(15-16)8-13(9-14)7-10-2-3-11(13)6-10/h4-5,10-11H,2-3,6-8H2,1H3. The monoisotopic (exact) mass is 215 g/mol. The molecular weight excluding hydrogens is 198 g/mol. The molecule has 0 spiro atoms. The van der Waals surface area contributed by atoms with E-state index in [1.807, 2.05) is 24.0 Å². The Balaban J connectivity index is 1.85. The third kappa shape index (κ3) is 1.36. The van der Waals surface area contributed by atoms with Gasteiger partial charge in [-0.3, -0.25) is 4.68 Å². The Kier molecular flexibility index (Phi) is 2.07. The van der Waals surface area contributed by atoms with E-state index in [0.29, 0.717) is 5.92 Å². The summed E-state index contributed by atoms with van der Waals surface area (Å²) in [4.78, 5) is 0. The van der Waals surface area contributed by atoms with Crippen LogP contribution in [-0.4, -0.2) is 9.78 Å². The summed E-state index contributed by atoms with van der Waals surface area (Å²) in [5.41, 5.74) is 0.980. The number of aromatic nitrogens is 2. The van der Waals surface area contributed by atoms with Crippen molar-refractivity contribution >= 4 is 0 Å². The first-order valence-electron chi connectivity index (χ1n) is 6.12. The number of aryl methyl sites for hydroxylation is 1. The molecule has 1 heterocycles. The van der Waals surface area contributed by atoms with Crippen LogP contribution in [-0.2, 0) is 13.5 Å². The lowest BCUT2D eigenvalue weighted by molar-refractivity contribution is 0.237. The first-order chi connectivity index (χ1) is 7.72. The summed E-state index contributed by atoms with van der Waals surface area (Å²) in [6.07, 6.45) is 7.80. The molecule has 2 bridgehead atoms. The van der Waals surface area contributed by atoms with Gasteiger partial charge in [-0.25, -0.2) is 0 Å². The van der Waals surface area contributed by atoms with Gasteiger partial charge >= 0.3 is 0 Å². The minimum atomic E-state index is -0.0999. The van der Waals surface area contributed by atoms with E-state index < -0.39 is 0 Å². The van der Waals surface area contributed by atoms with Gasteiger partial charge in [0, 0.05) is 19.7 Å². The van der Waals surface area contributed by atoms with Crippen LogP contribution in [0, 0.1) is 28.6 Å². The van der Waals surface area contributed by atoms with Crippen molar-refractivity contribution in [3.63, 3.8) is 0 Å². The molecule has 16 heavy (non-hydrogen) atoms. The molecule has 2 aliphatic rings. The highest BCUT2D eigenvalue weighted by atomic mass is 15.2. The molecule has 3 rings (SSSR count). The number of nitrogens with zero attached hydrogens (tertiary/aromatic N) is 3. The molecule has 0 amide bonds. The smallest absolute Gasteiger partial charge is 0.0696 e. The summed E-state index contributed by atoms with van der Waals surface area (Å²) >= 11 is 0. The quantitative estimate of drug-likeness (QED) is 0.759. The molecule has 1 aromatic heterocycles. The van der Waals surface area contributed by atoms with Gasteiger partial charge < -0.3 is 0 Å². The van der Waals surface area contributed by atoms with Crippen LogP contribution in [0.2, 0.25) is 0 Å². The first-order valence-corrected chi connectivity index (χ1v) is 6.12. The molecule has 0 aliphatic heterocycles. The number of hydrogen-bond donors (Lipinski definition) is 0. The Morgan fingerprint density at radius 2 is 2.50 bits per heavy atom. The molecule has 3 heteroatoms. The lowest BCUT2D eigenvalue weighted by Crippen LogP contribution is -2.28. The minimum absolute atomic E-state index is 0.0999. The number of hydrogen-bond acceptors (Lipinski definition) is 2. The highest BCUT2D eigenvalue weighted by molar-refractivity contribution is 5.17. The predicted molar refractivity (Wildman–Crippen MR) is 60.4 cm³/mol. The molecule has 3 nitrogen and oxygen atoms in total. The van der Waals surface area contributed by atoms with Crippen molar-refractivity contribution in [2.24, 2.45) is 24.3 Å². The van der Waals surface area contributed by atoms with Gasteiger partial charge in [0.2, 0.25) is 0 Å². The average Bonchev–Trinajstić information content (AvgIpc) is 2.94. The van der Waals surface area contributed by atoms with Crippen molar-refractivity contribution in [2.45, 2.75) is 32.1 Å². The predicted octanol–water partition coefficient (Wildman–Crippen LogP) is 2.29. The maximum absolute atomic E-state index is 9.52. The van der Waals surface area contributed by atoms with Crippen molar-refractivity contribution in [1.82, 2.24) is 9.78 Å². The molecule has 1 aromatic rings. The van der Waals surface area contributed by atoms with Crippen molar-refractivity contribution in [3.8, 4) is 6.07 Å². The van der Waals surface area contributed by atoms with Gasteiger partial charge in [0.15, 0.2) is 0 Å².